The van der Waals surface area contributed by atoms with Gasteiger partial charge in [-0.3, -0.25) is 33.6 Å². The van der Waals surface area contributed by atoms with Crippen LogP contribution in [0.25, 0.3) is 0 Å². The van der Waals surface area contributed by atoms with E-state index in [1.54, 1.807) is 91.3 Å². The number of imide groups is 1. The van der Waals surface area contributed by atoms with Gasteiger partial charge >= 0.3 is 53.2 Å². The topological polar surface area (TPSA) is 454 Å². The van der Waals surface area contributed by atoms with E-state index in [9.17, 15) is 57.5 Å². The number of likely N-dealkylation sites (N-methyl/N-ethyl adjacent to an activating group) is 3. The maximum atomic E-state index is 11.4. The van der Waals surface area contributed by atoms with Crippen molar-refractivity contribution in [2.75, 3.05) is 256 Å². The number of aliphatic hydroxyl groups excluding tert-OH is 3. The van der Waals surface area contributed by atoms with Crippen LogP contribution in [-0.2, 0) is 81.0 Å². The quantitative estimate of drug-likeness (QED) is 0.00541. The van der Waals surface area contributed by atoms with Gasteiger partial charge in [-0.05, 0) is 63.1 Å². The maximum absolute atomic E-state index is 11.4. The van der Waals surface area contributed by atoms with E-state index in [1.807, 2.05) is 72.9 Å². The molecule has 6 amide bonds. The number of aliphatic hydroxyl groups is 3. The Hall–Kier alpha value is -1.80. The molecule has 1 aliphatic rings. The number of carbonyl (C=O) groups excluding carboxylic acids is 12. The van der Waals surface area contributed by atoms with Crippen molar-refractivity contribution < 1.29 is 125 Å². The SMILES string of the molecule is CC(=O)OCCSSCCOCNC(=O)CN(C)C.CC(C)(C)OC(=O)NCCSSCCOC(=O)Cl.CN(C)CCNC(=O)OCCSSCCO.CN(C)CCNC(=O)OCCSSCCOC(=O)ON1C(=O)CCC1=O.COC(=O)CSSCCO.COC(=O)CSSCCOC(=O)Cl.NCCSSCCO. The van der Waals surface area contributed by atoms with Gasteiger partial charge in [0.15, 0.2) is 0 Å². The van der Waals surface area contributed by atoms with Crippen molar-refractivity contribution in [3.8, 4) is 0 Å². The fraction of sp³-hybridized carbons (Fsp3) is 0.797. The lowest BCUT2D eigenvalue weighted by atomic mass is 10.2. The molecule has 0 aromatic heterocycles. The molecule has 35 nitrogen and oxygen atoms in total. The third kappa shape index (κ3) is 110. The van der Waals surface area contributed by atoms with Crippen molar-refractivity contribution in [2.24, 2.45) is 5.73 Å². The van der Waals surface area contributed by atoms with Crippen LogP contribution in [0.5, 0.6) is 0 Å². The molecule has 110 heavy (non-hydrogen) atoms. The smallest absolute Gasteiger partial charge is 0.468 e. The fourth-order valence-electron chi connectivity index (χ4n) is 4.96. The minimum absolute atomic E-state index is 0.0361. The number of hydroxylamine groups is 2. The van der Waals surface area contributed by atoms with E-state index in [1.165, 1.54) is 85.9 Å². The van der Waals surface area contributed by atoms with Gasteiger partial charge in [0.1, 0.15) is 63.5 Å². The molecular weight excluding hydrogens is 1770 g/mol. The van der Waals surface area contributed by atoms with Crippen LogP contribution in [0.15, 0.2) is 0 Å². The van der Waals surface area contributed by atoms with Crippen molar-refractivity contribution in [2.45, 2.75) is 46.1 Å². The highest BCUT2D eigenvalue weighted by Crippen LogP contribution is 2.24. The molecule has 0 aromatic carbocycles. The first-order chi connectivity index (χ1) is 52.3. The van der Waals surface area contributed by atoms with Crippen LogP contribution in [0.4, 0.5) is 28.8 Å². The van der Waals surface area contributed by atoms with Gasteiger partial charge in [-0.25, -0.2) is 28.8 Å². The molecule has 0 bridgehead atoms. The van der Waals surface area contributed by atoms with Crippen molar-refractivity contribution in [3.05, 3.63) is 0 Å². The molecule has 9 N–H and O–H groups in total. The highest BCUT2D eigenvalue weighted by atomic mass is 35.5. The summed E-state index contributed by atoms with van der Waals surface area (Å²) in [4.78, 5) is 141. The number of nitrogens with zero attached hydrogens (tertiary/aromatic N) is 4. The van der Waals surface area contributed by atoms with E-state index in [0.29, 0.717) is 97.9 Å². The summed E-state index contributed by atoms with van der Waals surface area (Å²) in [7, 11) is 35.6. The second kappa shape index (κ2) is 91.1. The number of amides is 6. The standard InChI is InChI=1S/C14H23N3O7S2.C11H22N2O4S2.C10H18ClNO4S2.C9H20N2O3S2.C6H9ClO4S2.C5H10O3S2.C4H11NOS2/c1-16(2)6-5-15-13(20)22-7-9-25-26-10-8-23-14(21)24-17-11(18)3-4-12(17)19;1-10(14)17-5-7-19-18-6-4-16-9-12-11(15)8-13(2)3;1-10(2,3)16-9(14)12-4-6-17-18-7-5-15-8(11)13;1-11(2)4-3-10-9(13)14-6-8-16-15-7-5-12;1-10-5(8)4-13-12-3-2-11-6(7)9;1-8-5(7)4-10-9-3-2-6;5-1-3-7-8-4-2-6/h3-10H2,1-2H3,(H,15,20);4-9H2,1-3H3,(H,12,15);4-7H2,1-3H3,(H,12,14);12H,3-8H2,1-2H3,(H,10,13);2-4H2,1H3;6H,2-4H2,1H3;6H,1-5H2. The van der Waals surface area contributed by atoms with Crippen LogP contribution in [0.3, 0.4) is 0 Å². The van der Waals surface area contributed by atoms with Crippen LogP contribution in [-0.4, -0.2) is 367 Å². The van der Waals surface area contributed by atoms with E-state index in [2.05, 4.69) is 45.1 Å². The molecule has 1 rings (SSSR count). The molecule has 0 radical (unpaired) electrons. The lowest BCUT2D eigenvalue weighted by molar-refractivity contribution is -0.177. The summed E-state index contributed by atoms with van der Waals surface area (Å²) in [5.41, 5.74) is 3.15. The summed E-state index contributed by atoms with van der Waals surface area (Å²) in [6.45, 7) is 14.3. The van der Waals surface area contributed by atoms with Crippen LogP contribution in [0.2, 0.25) is 0 Å². The van der Waals surface area contributed by atoms with Crippen molar-refractivity contribution in [1.82, 2.24) is 41.0 Å². The molecule has 648 valence electrons. The lowest BCUT2D eigenvalue weighted by Gasteiger charge is -2.19. The molecule has 0 aromatic rings. The summed E-state index contributed by atoms with van der Waals surface area (Å²) in [6, 6.07) is 0. The zero-order valence-electron chi connectivity index (χ0n) is 64.1. The average molecular weight is 1880 g/mol. The minimum atomic E-state index is -1.09. The first-order valence-electron chi connectivity index (χ1n) is 32.7. The van der Waals surface area contributed by atoms with Gasteiger partial charge in [0.05, 0.1) is 47.2 Å². The monoisotopic (exact) mass is 1880 g/mol. The molecule has 0 aliphatic carbocycles. The first kappa shape index (κ1) is 119. The number of rotatable bonds is 54. The Morgan fingerprint density at radius 2 is 0.818 bits per heavy atom. The lowest BCUT2D eigenvalue weighted by Crippen LogP contribution is -2.34. The molecule has 1 saturated heterocycles. The first-order valence-corrected chi connectivity index (χ1v) is 50.9. The largest absolute Gasteiger partial charge is 0.533 e. The molecule has 1 heterocycles. The highest BCUT2D eigenvalue weighted by Gasteiger charge is 2.33. The molecule has 0 saturated carbocycles. The Kier molecular flexibility index (Phi) is 98.6. The molecule has 0 spiro atoms. The van der Waals surface area contributed by atoms with Gasteiger partial charge in [-0.15, -0.1) is 0 Å². The van der Waals surface area contributed by atoms with Crippen molar-refractivity contribution >= 4 is 245 Å². The number of ether oxygens (including phenoxy) is 10. The van der Waals surface area contributed by atoms with E-state index >= 15 is 0 Å². The number of alkyl carbamates (subject to hydrolysis) is 3. The van der Waals surface area contributed by atoms with Crippen molar-refractivity contribution in [3.63, 3.8) is 0 Å². The third-order valence-corrected chi connectivity index (χ3v) is 25.8. The fourth-order valence-corrected chi connectivity index (χ4v) is 16.7. The third-order valence-electron chi connectivity index (χ3n) is 9.36. The molecular formula is C59H113Cl2N9O26S14. The van der Waals surface area contributed by atoms with Crippen LogP contribution in [0, 0.1) is 0 Å². The van der Waals surface area contributed by atoms with E-state index < -0.39 is 46.6 Å². The Balaban J connectivity index is -0.000000295. The summed E-state index contributed by atoms with van der Waals surface area (Å²) in [5, 5.41) is 36.2. The van der Waals surface area contributed by atoms with Crippen molar-refractivity contribution in [1.29, 1.82) is 0 Å². The molecule has 0 unspecified atom stereocenters. The Labute approximate surface area is 712 Å². The van der Waals surface area contributed by atoms with Gasteiger partial charge in [0.25, 0.3) is 11.8 Å². The predicted octanol–water partition coefficient (Wildman–Crippen LogP) is 8.14. The summed E-state index contributed by atoms with van der Waals surface area (Å²) in [5.74, 6) is 7.30. The Morgan fingerprint density at radius 3 is 1.19 bits per heavy atom. The van der Waals surface area contributed by atoms with Crippen LogP contribution in [0.1, 0.15) is 40.5 Å². The number of carbonyl (C=O) groups is 12. The van der Waals surface area contributed by atoms with Gasteiger partial charge < -0.3 is 104 Å². The van der Waals surface area contributed by atoms with E-state index in [0.717, 1.165) is 54.2 Å². The zero-order chi connectivity index (χ0) is 84.3. The second-order valence-electron chi connectivity index (χ2n) is 20.8. The Bertz CT molecular complexity index is 2330. The van der Waals surface area contributed by atoms with Crippen LogP contribution < -0.4 is 27.0 Å². The number of hydrogen-bond acceptors (Lipinski definition) is 44. The zero-order valence-corrected chi connectivity index (χ0v) is 77.1. The average Bonchev–Trinajstić information content (AvgIpc) is 1.73. The number of halogens is 2. The van der Waals surface area contributed by atoms with E-state index in [-0.39, 0.29) is 94.9 Å². The molecule has 0 atom stereocenters. The molecule has 51 heteroatoms. The van der Waals surface area contributed by atoms with Gasteiger partial charge in [-0.1, -0.05) is 156 Å². The Morgan fingerprint density at radius 1 is 0.464 bits per heavy atom. The number of esters is 3. The number of nitrogens with one attached hydrogen (secondary N) is 4. The molecule has 1 aliphatic heterocycles. The maximum Gasteiger partial charge on any atom is 0.533 e. The predicted molar refractivity (Wildman–Crippen MR) is 461 cm³/mol. The number of nitrogens with two attached hydrogens (primary N) is 1. The normalized spacial score (nSPS) is 11.1. The van der Waals surface area contributed by atoms with E-state index in [4.69, 9.17) is 72.7 Å². The summed E-state index contributed by atoms with van der Waals surface area (Å²) >= 11 is 9.90. The van der Waals surface area contributed by atoms with Gasteiger partial charge in [-0.2, -0.15) is 0 Å². The summed E-state index contributed by atoms with van der Waals surface area (Å²) in [6.07, 6.45) is -2.24. The summed E-state index contributed by atoms with van der Waals surface area (Å²) < 4.78 is 47.6. The highest BCUT2D eigenvalue weighted by molar-refractivity contribution is 8.78. The van der Waals surface area contributed by atoms with Crippen LogP contribution >= 0.6 is 174 Å². The minimum Gasteiger partial charge on any atom is -0.468 e. The number of hydrogen-bond donors (Lipinski definition) is 8. The van der Waals surface area contributed by atoms with Gasteiger partial charge in [0.2, 0.25) is 5.91 Å². The molecule has 1 fully saturated rings. The van der Waals surface area contributed by atoms with Gasteiger partial charge in [0, 0.05) is 151 Å². The number of methoxy groups -OCH3 is 2. The second-order valence-corrected chi connectivity index (χ2v) is 40.1.